The van der Waals surface area contributed by atoms with Gasteiger partial charge in [0.05, 0.1) is 5.41 Å². The summed E-state index contributed by atoms with van der Waals surface area (Å²) < 4.78 is 2.22. The van der Waals surface area contributed by atoms with Crippen LogP contribution in [0.25, 0.3) is 0 Å². The Morgan fingerprint density at radius 3 is 2.39 bits per heavy atom. The predicted octanol–water partition coefficient (Wildman–Crippen LogP) is 2.08. The van der Waals surface area contributed by atoms with Crippen LogP contribution in [0.3, 0.4) is 0 Å². The van der Waals surface area contributed by atoms with Crippen molar-refractivity contribution in [1.82, 2.24) is 20.1 Å². The standard InChI is InChI=1S/C18H25N5/c1-19-15-8-12-23(13-9-15)17-21-20-16(22(17)2)18(10-11-18)14-6-4-3-5-7-14/h3-7,15,19H,8-13H2,1-2H3. The molecule has 1 aromatic carbocycles. The topological polar surface area (TPSA) is 46.0 Å². The summed E-state index contributed by atoms with van der Waals surface area (Å²) in [7, 11) is 4.18. The third-order valence-electron chi connectivity index (χ3n) is 5.54. The van der Waals surface area contributed by atoms with E-state index < -0.39 is 0 Å². The van der Waals surface area contributed by atoms with E-state index in [9.17, 15) is 0 Å². The van der Waals surface area contributed by atoms with Crippen molar-refractivity contribution in [2.75, 3.05) is 25.0 Å². The van der Waals surface area contributed by atoms with Crippen LogP contribution in [0.2, 0.25) is 0 Å². The second kappa shape index (κ2) is 5.64. The molecule has 1 N–H and O–H groups in total. The molecule has 5 heteroatoms. The van der Waals surface area contributed by atoms with Crippen LogP contribution in [-0.4, -0.2) is 40.9 Å². The summed E-state index contributed by atoms with van der Waals surface area (Å²) in [6, 6.07) is 11.4. The average Bonchev–Trinajstić information content (AvgIpc) is 3.33. The SMILES string of the molecule is CNC1CCN(c2nnc(C3(c4ccccc4)CC3)n2C)CC1. The van der Waals surface area contributed by atoms with Gasteiger partial charge in [-0.15, -0.1) is 10.2 Å². The van der Waals surface area contributed by atoms with Crippen molar-refractivity contribution in [3.63, 3.8) is 0 Å². The molecular formula is C18H25N5. The van der Waals surface area contributed by atoms with Gasteiger partial charge in [-0.1, -0.05) is 30.3 Å². The van der Waals surface area contributed by atoms with E-state index in [4.69, 9.17) is 0 Å². The Hall–Kier alpha value is -1.88. The quantitative estimate of drug-likeness (QED) is 0.939. The fourth-order valence-electron chi connectivity index (χ4n) is 3.90. The molecule has 2 aliphatic rings. The monoisotopic (exact) mass is 311 g/mol. The molecule has 23 heavy (non-hydrogen) atoms. The minimum absolute atomic E-state index is 0.0879. The molecule has 1 saturated carbocycles. The second-order valence-corrected chi connectivity index (χ2v) is 6.88. The zero-order chi connectivity index (χ0) is 15.9. The Kier molecular flexibility index (Phi) is 3.60. The van der Waals surface area contributed by atoms with Gasteiger partial charge in [0.25, 0.3) is 0 Å². The maximum Gasteiger partial charge on any atom is 0.226 e. The molecule has 0 bridgehead atoms. The number of benzene rings is 1. The van der Waals surface area contributed by atoms with Gasteiger partial charge in [0.1, 0.15) is 5.82 Å². The van der Waals surface area contributed by atoms with Crippen LogP contribution in [0.1, 0.15) is 37.1 Å². The highest BCUT2D eigenvalue weighted by atomic mass is 15.4. The first-order valence-corrected chi connectivity index (χ1v) is 8.62. The lowest BCUT2D eigenvalue weighted by atomic mass is 9.95. The van der Waals surface area contributed by atoms with Crippen LogP contribution in [0.15, 0.2) is 30.3 Å². The lowest BCUT2D eigenvalue weighted by Crippen LogP contribution is -2.42. The van der Waals surface area contributed by atoms with Crippen molar-refractivity contribution >= 4 is 5.95 Å². The predicted molar refractivity (Wildman–Crippen MR) is 91.8 cm³/mol. The van der Waals surface area contributed by atoms with Gasteiger partial charge in [0, 0.05) is 26.2 Å². The first-order chi connectivity index (χ1) is 11.2. The molecule has 0 unspecified atom stereocenters. The Morgan fingerprint density at radius 2 is 1.78 bits per heavy atom. The number of nitrogens with zero attached hydrogens (tertiary/aromatic N) is 4. The van der Waals surface area contributed by atoms with Crippen LogP contribution in [0.4, 0.5) is 5.95 Å². The highest BCUT2D eigenvalue weighted by molar-refractivity contribution is 5.43. The van der Waals surface area contributed by atoms with Gasteiger partial charge in [0.15, 0.2) is 0 Å². The van der Waals surface area contributed by atoms with Gasteiger partial charge >= 0.3 is 0 Å². The number of rotatable bonds is 4. The molecule has 5 nitrogen and oxygen atoms in total. The maximum absolute atomic E-state index is 4.60. The molecule has 122 valence electrons. The number of nitrogens with one attached hydrogen (secondary N) is 1. The zero-order valence-corrected chi connectivity index (χ0v) is 14.0. The van der Waals surface area contributed by atoms with Crippen LogP contribution in [0, 0.1) is 0 Å². The highest BCUT2D eigenvalue weighted by Gasteiger charge is 2.50. The van der Waals surface area contributed by atoms with E-state index in [1.807, 2.05) is 0 Å². The molecule has 2 fully saturated rings. The molecular weight excluding hydrogens is 286 g/mol. The van der Waals surface area contributed by atoms with Crippen molar-refractivity contribution in [1.29, 1.82) is 0 Å². The molecule has 1 aromatic heterocycles. The third-order valence-corrected chi connectivity index (χ3v) is 5.54. The lowest BCUT2D eigenvalue weighted by Gasteiger charge is -2.32. The smallest absolute Gasteiger partial charge is 0.226 e. The van der Waals surface area contributed by atoms with Crippen LogP contribution >= 0.6 is 0 Å². The molecule has 0 spiro atoms. The summed E-state index contributed by atoms with van der Waals surface area (Å²) in [5.41, 5.74) is 1.46. The van der Waals surface area contributed by atoms with E-state index >= 15 is 0 Å². The Bertz CT molecular complexity index is 666. The minimum atomic E-state index is 0.0879. The summed E-state index contributed by atoms with van der Waals surface area (Å²) >= 11 is 0. The first-order valence-electron chi connectivity index (χ1n) is 8.62. The summed E-state index contributed by atoms with van der Waals surface area (Å²) in [6.45, 7) is 2.10. The fraction of sp³-hybridized carbons (Fsp3) is 0.556. The van der Waals surface area contributed by atoms with Gasteiger partial charge in [-0.25, -0.2) is 0 Å². The Balaban J connectivity index is 1.60. The summed E-state index contributed by atoms with van der Waals surface area (Å²) in [6.07, 6.45) is 4.68. The number of anilines is 1. The molecule has 4 rings (SSSR count). The third kappa shape index (κ3) is 2.43. The number of piperidine rings is 1. The Labute approximate surface area is 137 Å². The van der Waals surface area contributed by atoms with Crippen LogP contribution in [0.5, 0.6) is 0 Å². The zero-order valence-electron chi connectivity index (χ0n) is 14.0. The number of hydrogen-bond acceptors (Lipinski definition) is 4. The van der Waals surface area contributed by atoms with E-state index in [1.165, 1.54) is 31.2 Å². The molecule has 0 radical (unpaired) electrons. The fourth-order valence-corrected chi connectivity index (χ4v) is 3.90. The van der Waals surface area contributed by atoms with E-state index in [-0.39, 0.29) is 5.41 Å². The number of hydrogen-bond donors (Lipinski definition) is 1. The van der Waals surface area contributed by atoms with E-state index in [0.29, 0.717) is 6.04 Å². The highest BCUT2D eigenvalue weighted by Crippen LogP contribution is 2.52. The van der Waals surface area contributed by atoms with Gasteiger partial charge in [-0.05, 0) is 38.3 Å². The summed E-state index contributed by atoms with van der Waals surface area (Å²) in [4.78, 5) is 2.38. The molecule has 1 aliphatic heterocycles. The molecule has 1 saturated heterocycles. The van der Waals surface area contributed by atoms with Gasteiger partial charge in [0.2, 0.25) is 5.95 Å². The summed E-state index contributed by atoms with van der Waals surface area (Å²) in [5.74, 6) is 2.14. The van der Waals surface area contributed by atoms with Crippen molar-refractivity contribution < 1.29 is 0 Å². The normalized spacial score (nSPS) is 20.7. The molecule has 1 aliphatic carbocycles. The van der Waals surface area contributed by atoms with Crippen LogP contribution < -0.4 is 10.2 Å². The number of aromatic nitrogens is 3. The van der Waals surface area contributed by atoms with E-state index in [1.54, 1.807) is 0 Å². The van der Waals surface area contributed by atoms with E-state index in [0.717, 1.165) is 24.9 Å². The van der Waals surface area contributed by atoms with Crippen molar-refractivity contribution in [2.24, 2.45) is 7.05 Å². The second-order valence-electron chi connectivity index (χ2n) is 6.88. The molecule has 0 atom stereocenters. The van der Waals surface area contributed by atoms with Crippen molar-refractivity contribution in [3.8, 4) is 0 Å². The van der Waals surface area contributed by atoms with E-state index in [2.05, 4.69) is 69.4 Å². The minimum Gasteiger partial charge on any atom is -0.341 e. The Morgan fingerprint density at radius 1 is 1.09 bits per heavy atom. The van der Waals surface area contributed by atoms with Crippen LogP contribution in [-0.2, 0) is 12.5 Å². The maximum atomic E-state index is 4.60. The summed E-state index contributed by atoms with van der Waals surface area (Å²) in [5, 5.41) is 12.5. The lowest BCUT2D eigenvalue weighted by molar-refractivity contribution is 0.436. The van der Waals surface area contributed by atoms with Crippen molar-refractivity contribution in [2.45, 2.75) is 37.1 Å². The largest absolute Gasteiger partial charge is 0.341 e. The average molecular weight is 311 g/mol. The van der Waals surface area contributed by atoms with Crippen molar-refractivity contribution in [3.05, 3.63) is 41.7 Å². The van der Waals surface area contributed by atoms with Gasteiger partial charge in [-0.3, -0.25) is 4.57 Å². The van der Waals surface area contributed by atoms with Gasteiger partial charge < -0.3 is 10.2 Å². The van der Waals surface area contributed by atoms with Gasteiger partial charge in [-0.2, -0.15) is 0 Å². The molecule has 0 amide bonds. The molecule has 2 heterocycles. The molecule has 2 aromatic rings. The first kappa shape index (κ1) is 14.7.